The second kappa shape index (κ2) is 5.76. The average molecular weight is 216 g/mol. The molecule has 0 radical (unpaired) electrons. The van der Waals surface area contributed by atoms with E-state index in [0.29, 0.717) is 5.75 Å². The van der Waals surface area contributed by atoms with Gasteiger partial charge in [0, 0.05) is 11.8 Å². The summed E-state index contributed by atoms with van der Waals surface area (Å²) in [5.41, 5.74) is -0.480. The smallest absolute Gasteiger partial charge is 0.407 e. The van der Waals surface area contributed by atoms with E-state index in [2.05, 4.69) is 5.32 Å². The predicted molar refractivity (Wildman–Crippen MR) is 56.9 cm³/mol. The first-order valence-electron chi connectivity index (χ1n) is 4.35. The summed E-state index contributed by atoms with van der Waals surface area (Å²) in [4.78, 5) is 11.2. The molecule has 0 aromatic rings. The third-order valence-electron chi connectivity index (χ3n) is 1.16. The van der Waals surface area contributed by atoms with Gasteiger partial charge in [-0.25, -0.2) is 4.79 Å². The minimum Gasteiger partial charge on any atom is -0.444 e. The van der Waals surface area contributed by atoms with E-state index in [0.717, 1.165) is 11.8 Å². The Bertz CT molecular complexity index is 230. The minimum atomic E-state index is -0.480. The Morgan fingerprint density at radius 3 is 2.64 bits per heavy atom. The van der Waals surface area contributed by atoms with Crippen molar-refractivity contribution in [3.05, 3.63) is 0 Å². The summed E-state index contributed by atoms with van der Waals surface area (Å²) in [5.74, 6) is 0.565. The summed E-state index contributed by atoms with van der Waals surface area (Å²) in [6.07, 6.45) is -0.441. The number of nitrogens with one attached hydrogen (secondary N) is 1. The second-order valence-corrected chi connectivity index (χ2v) is 4.75. The van der Waals surface area contributed by atoms with Crippen LogP contribution in [0.15, 0.2) is 0 Å². The maximum absolute atomic E-state index is 11.2. The molecule has 0 aliphatic heterocycles. The molecule has 0 rings (SSSR count). The molecule has 4 nitrogen and oxygen atoms in total. The number of alkyl carbamates (subject to hydrolysis) is 1. The summed E-state index contributed by atoms with van der Waals surface area (Å²) in [6, 6.07) is -0.0606. The van der Waals surface area contributed by atoms with Crippen molar-refractivity contribution in [1.82, 2.24) is 5.32 Å². The Morgan fingerprint density at radius 2 is 2.21 bits per heavy atom. The van der Waals surface area contributed by atoms with Crippen molar-refractivity contribution in [2.24, 2.45) is 0 Å². The largest absolute Gasteiger partial charge is 0.444 e. The first-order chi connectivity index (χ1) is 6.35. The maximum atomic E-state index is 11.2. The third kappa shape index (κ3) is 7.74. The Hall–Kier alpha value is -0.890. The molecule has 0 fully saturated rings. The Morgan fingerprint density at radius 1 is 1.64 bits per heavy atom. The van der Waals surface area contributed by atoms with Crippen LogP contribution in [-0.2, 0) is 4.74 Å². The summed E-state index contributed by atoms with van der Waals surface area (Å²) in [5, 5.41) is 12.9. The van der Waals surface area contributed by atoms with Gasteiger partial charge in [0.05, 0.1) is 0 Å². The molecule has 0 bridgehead atoms. The van der Waals surface area contributed by atoms with Crippen LogP contribution in [0.3, 0.4) is 0 Å². The molecule has 1 unspecified atom stereocenters. The first-order valence-corrected chi connectivity index (χ1v) is 5.34. The van der Waals surface area contributed by atoms with Crippen molar-refractivity contribution in [2.45, 2.75) is 39.3 Å². The number of ether oxygens (including phenoxy) is 1. The van der Waals surface area contributed by atoms with Gasteiger partial charge >= 0.3 is 6.09 Å². The van der Waals surface area contributed by atoms with Gasteiger partial charge < -0.3 is 10.1 Å². The van der Waals surface area contributed by atoms with Crippen LogP contribution in [-0.4, -0.2) is 23.5 Å². The van der Waals surface area contributed by atoms with Gasteiger partial charge in [0.1, 0.15) is 11.0 Å². The molecule has 80 valence electrons. The lowest BCUT2D eigenvalue weighted by atomic mass is 10.2. The van der Waals surface area contributed by atoms with Gasteiger partial charge in [0.25, 0.3) is 0 Å². The molecular formula is C9H16N2O2S. The monoisotopic (exact) mass is 216 g/mol. The van der Waals surface area contributed by atoms with E-state index in [-0.39, 0.29) is 6.04 Å². The van der Waals surface area contributed by atoms with Crippen molar-refractivity contribution in [3.8, 4) is 5.40 Å². The van der Waals surface area contributed by atoms with Crippen LogP contribution in [0, 0.1) is 10.7 Å². The molecule has 0 saturated heterocycles. The molecular weight excluding hydrogens is 200 g/mol. The summed E-state index contributed by atoms with van der Waals surface area (Å²) in [6.45, 7) is 7.25. The zero-order valence-electron chi connectivity index (χ0n) is 8.96. The molecule has 0 aromatic heterocycles. The summed E-state index contributed by atoms with van der Waals surface area (Å²) >= 11 is 1.11. The van der Waals surface area contributed by atoms with Gasteiger partial charge in [-0.15, -0.1) is 0 Å². The molecule has 1 amide bonds. The number of nitriles is 1. The lowest BCUT2D eigenvalue weighted by Crippen LogP contribution is -2.38. The number of hydrogen-bond donors (Lipinski definition) is 1. The summed E-state index contributed by atoms with van der Waals surface area (Å²) in [7, 11) is 0. The minimum absolute atomic E-state index is 0.0606. The highest BCUT2D eigenvalue weighted by Gasteiger charge is 2.17. The molecule has 0 heterocycles. The highest BCUT2D eigenvalue weighted by Crippen LogP contribution is 2.07. The molecule has 14 heavy (non-hydrogen) atoms. The standard InChI is InChI=1S/C9H16N2O2S/c1-7(5-14-6-10)11-8(12)13-9(2,3)4/h7H,5H2,1-4H3,(H,11,12). The molecule has 0 aromatic carbocycles. The number of nitrogens with zero attached hydrogens (tertiary/aromatic N) is 1. The van der Waals surface area contributed by atoms with Gasteiger partial charge in [0.2, 0.25) is 0 Å². The highest BCUT2D eigenvalue weighted by molar-refractivity contribution is 8.03. The number of carbonyl (C=O) groups excluding carboxylic acids is 1. The van der Waals surface area contributed by atoms with Crippen LogP contribution < -0.4 is 5.32 Å². The second-order valence-electron chi connectivity index (χ2n) is 3.95. The predicted octanol–water partition coefficient (Wildman–Crippen LogP) is 2.11. The van der Waals surface area contributed by atoms with Crippen LogP contribution >= 0.6 is 11.8 Å². The number of carbonyl (C=O) groups is 1. The average Bonchev–Trinajstić information content (AvgIpc) is 1.96. The molecule has 0 aliphatic rings. The normalized spacial score (nSPS) is 12.8. The van der Waals surface area contributed by atoms with Crippen LogP contribution in [0.5, 0.6) is 0 Å². The van der Waals surface area contributed by atoms with Gasteiger partial charge in [-0.1, -0.05) is 0 Å². The maximum Gasteiger partial charge on any atom is 0.407 e. The van der Waals surface area contributed by atoms with Gasteiger partial charge in [-0.3, -0.25) is 0 Å². The highest BCUT2D eigenvalue weighted by atomic mass is 32.2. The molecule has 0 saturated carbocycles. The van der Waals surface area contributed by atoms with E-state index in [1.165, 1.54) is 0 Å². The quantitative estimate of drug-likeness (QED) is 0.734. The number of thioether (sulfide) groups is 1. The number of amides is 1. The van der Waals surface area contributed by atoms with Crippen molar-refractivity contribution < 1.29 is 9.53 Å². The molecule has 5 heteroatoms. The van der Waals surface area contributed by atoms with Crippen LogP contribution in [0.2, 0.25) is 0 Å². The van der Waals surface area contributed by atoms with Gasteiger partial charge in [0.15, 0.2) is 0 Å². The van der Waals surface area contributed by atoms with Crippen molar-refractivity contribution in [1.29, 1.82) is 5.26 Å². The van der Waals surface area contributed by atoms with E-state index in [1.54, 1.807) is 20.8 Å². The number of rotatable bonds is 3. The lowest BCUT2D eigenvalue weighted by Gasteiger charge is -2.21. The molecule has 1 N–H and O–H groups in total. The van der Waals surface area contributed by atoms with E-state index < -0.39 is 11.7 Å². The fourth-order valence-corrected chi connectivity index (χ4v) is 1.12. The Balaban J connectivity index is 3.78. The lowest BCUT2D eigenvalue weighted by molar-refractivity contribution is 0.0513. The molecule has 0 spiro atoms. The topological polar surface area (TPSA) is 62.1 Å². The van der Waals surface area contributed by atoms with Crippen LogP contribution in [0.1, 0.15) is 27.7 Å². The zero-order valence-corrected chi connectivity index (χ0v) is 9.77. The van der Waals surface area contributed by atoms with Crippen LogP contribution in [0.25, 0.3) is 0 Å². The molecule has 1 atom stereocenters. The van der Waals surface area contributed by atoms with Crippen LogP contribution in [0.4, 0.5) is 4.79 Å². The summed E-state index contributed by atoms with van der Waals surface area (Å²) < 4.78 is 5.05. The van der Waals surface area contributed by atoms with Gasteiger partial charge in [-0.05, 0) is 39.5 Å². The van der Waals surface area contributed by atoms with Crippen molar-refractivity contribution in [2.75, 3.05) is 5.75 Å². The SMILES string of the molecule is CC(CSC#N)NC(=O)OC(C)(C)C. The van der Waals surface area contributed by atoms with Gasteiger partial charge in [-0.2, -0.15) is 5.26 Å². The van der Waals surface area contributed by atoms with E-state index in [4.69, 9.17) is 10.00 Å². The van der Waals surface area contributed by atoms with Crippen molar-refractivity contribution >= 4 is 17.9 Å². The fourth-order valence-electron chi connectivity index (χ4n) is 0.713. The fraction of sp³-hybridized carbons (Fsp3) is 0.778. The first kappa shape index (κ1) is 13.1. The van der Waals surface area contributed by atoms with Crippen molar-refractivity contribution in [3.63, 3.8) is 0 Å². The Kier molecular flexibility index (Phi) is 5.39. The third-order valence-corrected chi connectivity index (χ3v) is 1.96. The Labute approximate surface area is 89.0 Å². The molecule has 0 aliphatic carbocycles. The van der Waals surface area contributed by atoms with E-state index >= 15 is 0 Å². The number of thiocyanates is 1. The van der Waals surface area contributed by atoms with E-state index in [9.17, 15) is 4.79 Å². The van der Waals surface area contributed by atoms with E-state index in [1.807, 2.05) is 12.3 Å². The zero-order chi connectivity index (χ0) is 11.2. The number of hydrogen-bond acceptors (Lipinski definition) is 4.